The number of likely N-dealkylation sites (tertiary alicyclic amines) is 1. The Morgan fingerprint density at radius 3 is 2.96 bits per heavy atom. The first-order chi connectivity index (χ1) is 11.6. The second kappa shape index (κ2) is 6.95. The van der Waals surface area contributed by atoms with Crippen molar-refractivity contribution in [2.75, 3.05) is 6.54 Å². The van der Waals surface area contributed by atoms with E-state index >= 15 is 0 Å². The fourth-order valence-electron chi connectivity index (χ4n) is 3.20. The highest BCUT2D eigenvalue weighted by atomic mass is 16.4. The second-order valence-corrected chi connectivity index (χ2v) is 6.22. The van der Waals surface area contributed by atoms with Gasteiger partial charge in [0.2, 0.25) is 17.7 Å². The van der Waals surface area contributed by atoms with E-state index in [0.29, 0.717) is 11.8 Å². The van der Waals surface area contributed by atoms with Gasteiger partial charge in [0.05, 0.1) is 11.6 Å². The van der Waals surface area contributed by atoms with E-state index in [1.807, 2.05) is 37.0 Å². The maximum Gasteiger partial charge on any atom is 0.240 e. The highest BCUT2D eigenvalue weighted by molar-refractivity contribution is 5.73. The predicted molar refractivity (Wildman–Crippen MR) is 91.0 cm³/mol. The van der Waals surface area contributed by atoms with Crippen LogP contribution in [0, 0.1) is 6.92 Å². The molecule has 1 aliphatic heterocycles. The molecule has 3 heterocycles. The summed E-state index contributed by atoms with van der Waals surface area (Å²) in [5.74, 6) is 1.25. The minimum Gasteiger partial charge on any atom is -0.421 e. The Kier molecular flexibility index (Phi) is 4.74. The molecule has 24 heavy (non-hydrogen) atoms. The molecule has 1 saturated heterocycles. The normalized spacial score (nSPS) is 21.4. The number of pyridine rings is 1. The first-order valence-corrected chi connectivity index (χ1v) is 8.26. The molecular weight excluding hydrogens is 304 g/mol. The fourth-order valence-corrected chi connectivity index (χ4v) is 3.20. The van der Waals surface area contributed by atoms with Gasteiger partial charge in [-0.25, -0.2) is 0 Å². The standard InChI is InChI=1S/C18H22N4O2/c1-12-6-4-10-19-16(12)8-9-17-20-21-18(24-17)15-7-5-11-22(13(15)2)14(3)23/h4,6,8-10,13,15H,5,7,11H2,1-3H3/b9-8+/t13-,15-/m0/s1. The molecule has 0 N–H and O–H groups in total. The molecule has 2 atom stereocenters. The van der Waals surface area contributed by atoms with Crippen LogP contribution in [0.25, 0.3) is 12.2 Å². The number of aromatic nitrogens is 3. The van der Waals surface area contributed by atoms with Crippen molar-refractivity contribution in [2.24, 2.45) is 0 Å². The number of hydrogen-bond acceptors (Lipinski definition) is 5. The number of amides is 1. The molecule has 0 radical (unpaired) electrons. The van der Waals surface area contributed by atoms with E-state index in [0.717, 1.165) is 30.6 Å². The van der Waals surface area contributed by atoms with Gasteiger partial charge in [0, 0.05) is 31.8 Å². The van der Waals surface area contributed by atoms with Gasteiger partial charge in [-0.15, -0.1) is 10.2 Å². The van der Waals surface area contributed by atoms with Crippen LogP contribution < -0.4 is 0 Å². The van der Waals surface area contributed by atoms with Gasteiger partial charge in [-0.2, -0.15) is 0 Å². The monoisotopic (exact) mass is 326 g/mol. The highest BCUT2D eigenvalue weighted by Crippen LogP contribution is 2.31. The molecule has 126 valence electrons. The highest BCUT2D eigenvalue weighted by Gasteiger charge is 2.33. The maximum atomic E-state index is 11.7. The molecule has 2 aromatic rings. The molecule has 6 heteroatoms. The maximum absolute atomic E-state index is 11.7. The van der Waals surface area contributed by atoms with Crippen molar-refractivity contribution in [1.82, 2.24) is 20.1 Å². The molecule has 1 aliphatic rings. The van der Waals surface area contributed by atoms with Crippen molar-refractivity contribution in [2.45, 2.75) is 45.6 Å². The zero-order chi connectivity index (χ0) is 17.1. The molecule has 0 aromatic carbocycles. The van der Waals surface area contributed by atoms with Gasteiger partial charge < -0.3 is 9.32 Å². The summed E-state index contributed by atoms with van der Waals surface area (Å²) in [4.78, 5) is 17.9. The van der Waals surface area contributed by atoms with E-state index in [1.54, 1.807) is 19.2 Å². The summed E-state index contributed by atoms with van der Waals surface area (Å²) >= 11 is 0. The summed E-state index contributed by atoms with van der Waals surface area (Å²) in [6.45, 7) is 6.46. The fraction of sp³-hybridized carbons (Fsp3) is 0.444. The summed E-state index contributed by atoms with van der Waals surface area (Å²) in [6, 6.07) is 3.99. The number of aryl methyl sites for hydroxylation is 1. The number of piperidine rings is 1. The van der Waals surface area contributed by atoms with E-state index in [-0.39, 0.29) is 17.9 Å². The van der Waals surface area contributed by atoms with Crippen LogP contribution in [0.5, 0.6) is 0 Å². The van der Waals surface area contributed by atoms with E-state index in [2.05, 4.69) is 15.2 Å². The minimum atomic E-state index is 0.0755. The third-order valence-corrected chi connectivity index (χ3v) is 4.60. The lowest BCUT2D eigenvalue weighted by Crippen LogP contribution is -2.44. The Morgan fingerprint density at radius 2 is 2.21 bits per heavy atom. The molecule has 0 unspecified atom stereocenters. The van der Waals surface area contributed by atoms with Crippen molar-refractivity contribution in [3.63, 3.8) is 0 Å². The number of nitrogens with zero attached hydrogens (tertiary/aromatic N) is 4. The molecule has 0 aliphatic carbocycles. The number of carbonyl (C=O) groups is 1. The molecule has 1 fully saturated rings. The average molecular weight is 326 g/mol. The van der Waals surface area contributed by atoms with E-state index in [9.17, 15) is 4.79 Å². The van der Waals surface area contributed by atoms with E-state index in [4.69, 9.17) is 4.42 Å². The summed E-state index contributed by atoms with van der Waals surface area (Å²) < 4.78 is 5.81. The van der Waals surface area contributed by atoms with Crippen molar-refractivity contribution < 1.29 is 9.21 Å². The van der Waals surface area contributed by atoms with Crippen molar-refractivity contribution in [1.29, 1.82) is 0 Å². The summed E-state index contributed by atoms with van der Waals surface area (Å²) in [7, 11) is 0. The zero-order valence-electron chi connectivity index (χ0n) is 14.3. The van der Waals surface area contributed by atoms with Crippen LogP contribution in [0.15, 0.2) is 22.7 Å². The molecular formula is C18H22N4O2. The first kappa shape index (κ1) is 16.4. The summed E-state index contributed by atoms with van der Waals surface area (Å²) in [6.07, 6.45) is 7.32. The largest absolute Gasteiger partial charge is 0.421 e. The van der Waals surface area contributed by atoms with Crippen molar-refractivity contribution in [3.8, 4) is 0 Å². The van der Waals surface area contributed by atoms with Gasteiger partial charge in [0.15, 0.2) is 0 Å². The van der Waals surface area contributed by atoms with E-state index < -0.39 is 0 Å². The van der Waals surface area contributed by atoms with Crippen molar-refractivity contribution in [3.05, 3.63) is 41.4 Å². The van der Waals surface area contributed by atoms with Gasteiger partial charge in [0.1, 0.15) is 0 Å². The van der Waals surface area contributed by atoms with Gasteiger partial charge in [0.25, 0.3) is 0 Å². The molecule has 0 bridgehead atoms. The van der Waals surface area contributed by atoms with Crippen LogP contribution >= 0.6 is 0 Å². The summed E-state index contributed by atoms with van der Waals surface area (Å²) in [5, 5.41) is 8.30. The van der Waals surface area contributed by atoms with Crippen LogP contribution in [0.3, 0.4) is 0 Å². The lowest BCUT2D eigenvalue weighted by atomic mass is 9.90. The van der Waals surface area contributed by atoms with Crippen LogP contribution in [0.2, 0.25) is 0 Å². The smallest absolute Gasteiger partial charge is 0.240 e. The quantitative estimate of drug-likeness (QED) is 0.867. The Hall–Kier alpha value is -2.50. The van der Waals surface area contributed by atoms with Crippen molar-refractivity contribution >= 4 is 18.1 Å². The van der Waals surface area contributed by atoms with Gasteiger partial charge in [-0.05, 0) is 44.4 Å². The first-order valence-electron chi connectivity index (χ1n) is 8.26. The third-order valence-electron chi connectivity index (χ3n) is 4.60. The minimum absolute atomic E-state index is 0.0755. The molecule has 0 saturated carbocycles. The molecule has 1 amide bonds. The summed E-state index contributed by atoms with van der Waals surface area (Å²) in [5.41, 5.74) is 1.97. The number of hydrogen-bond donors (Lipinski definition) is 0. The Bertz CT molecular complexity index is 753. The molecule has 6 nitrogen and oxygen atoms in total. The van der Waals surface area contributed by atoms with Gasteiger partial charge in [-0.3, -0.25) is 9.78 Å². The second-order valence-electron chi connectivity index (χ2n) is 6.22. The van der Waals surface area contributed by atoms with Crippen LogP contribution in [0.1, 0.15) is 55.6 Å². The Labute approximate surface area is 141 Å². The molecule has 2 aromatic heterocycles. The lowest BCUT2D eigenvalue weighted by Gasteiger charge is -2.37. The zero-order valence-corrected chi connectivity index (χ0v) is 14.3. The van der Waals surface area contributed by atoms with Gasteiger partial charge >= 0.3 is 0 Å². The van der Waals surface area contributed by atoms with Gasteiger partial charge in [-0.1, -0.05) is 6.07 Å². The predicted octanol–water partition coefficient (Wildman–Crippen LogP) is 3.06. The lowest BCUT2D eigenvalue weighted by molar-refractivity contribution is -0.132. The SMILES string of the molecule is CC(=O)N1CCC[C@H](c2nnc(/C=C/c3ncccc3C)o2)[C@@H]1C. The van der Waals surface area contributed by atoms with Crippen LogP contribution in [-0.4, -0.2) is 38.6 Å². The third kappa shape index (κ3) is 3.37. The topological polar surface area (TPSA) is 72.1 Å². The molecule has 0 spiro atoms. The van der Waals surface area contributed by atoms with Crippen LogP contribution in [-0.2, 0) is 4.79 Å². The Morgan fingerprint density at radius 1 is 1.38 bits per heavy atom. The Balaban J connectivity index is 1.76. The number of carbonyl (C=O) groups excluding carboxylic acids is 1. The molecule has 3 rings (SSSR count). The van der Waals surface area contributed by atoms with Crippen LogP contribution in [0.4, 0.5) is 0 Å². The average Bonchev–Trinajstić information content (AvgIpc) is 3.03. The number of rotatable bonds is 3. The van der Waals surface area contributed by atoms with E-state index in [1.165, 1.54) is 0 Å².